The first-order valence-corrected chi connectivity index (χ1v) is 7.76. The number of fused-ring (bicyclic) bond motifs is 2. The second-order valence-electron chi connectivity index (χ2n) is 6.56. The normalized spacial score (nSPS) is 43.5. The molecule has 112 valence electrons. The minimum Gasteiger partial charge on any atom is -0.481 e. The molecule has 3 aliphatic rings. The maximum absolute atomic E-state index is 12.5. The molecule has 3 rings (SSSR count). The molecule has 0 radical (unpaired) electrons. The second-order valence-corrected chi connectivity index (χ2v) is 6.56. The molecule has 0 spiro atoms. The summed E-state index contributed by atoms with van der Waals surface area (Å²) in [5.74, 6) is -1.68. The molecule has 2 heterocycles. The van der Waals surface area contributed by atoms with Crippen molar-refractivity contribution in [3.8, 4) is 0 Å². The van der Waals surface area contributed by atoms with Crippen molar-refractivity contribution in [2.75, 3.05) is 0 Å². The highest BCUT2D eigenvalue weighted by molar-refractivity contribution is 5.86. The minimum absolute atomic E-state index is 0.108. The molecular formula is C15H23NO4. The Kier molecular flexibility index (Phi) is 3.71. The smallest absolute Gasteiger partial charge is 0.310 e. The third kappa shape index (κ3) is 2.32. The lowest BCUT2D eigenvalue weighted by Crippen LogP contribution is -2.49. The Labute approximate surface area is 119 Å². The van der Waals surface area contributed by atoms with Gasteiger partial charge in [0.1, 0.15) is 0 Å². The Morgan fingerprint density at radius 2 is 1.70 bits per heavy atom. The first kappa shape index (κ1) is 13.9. The molecule has 2 aliphatic heterocycles. The molecule has 6 atom stereocenters. The zero-order valence-electron chi connectivity index (χ0n) is 11.9. The molecule has 5 heteroatoms. The van der Waals surface area contributed by atoms with E-state index in [0.717, 1.165) is 32.1 Å². The molecule has 1 saturated carbocycles. The van der Waals surface area contributed by atoms with Gasteiger partial charge in [-0.3, -0.25) is 9.59 Å². The maximum Gasteiger partial charge on any atom is 0.310 e. The van der Waals surface area contributed by atoms with E-state index in [4.69, 9.17) is 4.74 Å². The topological polar surface area (TPSA) is 75.6 Å². The number of carbonyl (C=O) groups is 2. The fourth-order valence-corrected chi connectivity index (χ4v) is 4.13. The van der Waals surface area contributed by atoms with Crippen LogP contribution in [-0.4, -0.2) is 35.2 Å². The van der Waals surface area contributed by atoms with Crippen LogP contribution in [0.15, 0.2) is 0 Å². The van der Waals surface area contributed by atoms with Crippen molar-refractivity contribution in [3.05, 3.63) is 0 Å². The van der Waals surface area contributed by atoms with Gasteiger partial charge in [0, 0.05) is 6.04 Å². The van der Waals surface area contributed by atoms with Crippen molar-refractivity contribution in [1.29, 1.82) is 0 Å². The van der Waals surface area contributed by atoms with Gasteiger partial charge in [-0.05, 0) is 31.6 Å². The van der Waals surface area contributed by atoms with Gasteiger partial charge in [0.15, 0.2) is 0 Å². The Morgan fingerprint density at radius 3 is 2.35 bits per heavy atom. The molecule has 3 fully saturated rings. The van der Waals surface area contributed by atoms with Crippen LogP contribution < -0.4 is 5.32 Å². The SMILES string of the molecule is C[C@H]1CCCC[C@@H]1NC(=O)[C@H]1[C@@H](C(=O)O)[C@@H]2CC[C@@H]1O2. The lowest BCUT2D eigenvalue weighted by Gasteiger charge is -2.32. The number of nitrogens with one attached hydrogen (secondary N) is 1. The Hall–Kier alpha value is -1.10. The Bertz CT molecular complexity index is 411. The van der Waals surface area contributed by atoms with E-state index in [1.807, 2.05) is 0 Å². The highest BCUT2D eigenvalue weighted by atomic mass is 16.5. The van der Waals surface area contributed by atoms with E-state index in [9.17, 15) is 14.7 Å². The van der Waals surface area contributed by atoms with Crippen LogP contribution in [0.5, 0.6) is 0 Å². The van der Waals surface area contributed by atoms with E-state index in [1.165, 1.54) is 6.42 Å². The van der Waals surface area contributed by atoms with Gasteiger partial charge >= 0.3 is 5.97 Å². The van der Waals surface area contributed by atoms with Gasteiger partial charge in [-0.15, -0.1) is 0 Å². The first-order chi connectivity index (χ1) is 9.58. The number of carboxylic acid groups (broad SMARTS) is 1. The van der Waals surface area contributed by atoms with Crippen LogP contribution in [0, 0.1) is 17.8 Å². The van der Waals surface area contributed by atoms with Gasteiger partial charge in [0.05, 0.1) is 24.0 Å². The van der Waals surface area contributed by atoms with Crippen molar-refractivity contribution in [2.24, 2.45) is 17.8 Å². The number of rotatable bonds is 3. The summed E-state index contributed by atoms with van der Waals surface area (Å²) >= 11 is 0. The zero-order valence-corrected chi connectivity index (χ0v) is 11.9. The molecule has 2 bridgehead atoms. The van der Waals surface area contributed by atoms with E-state index in [2.05, 4.69) is 12.2 Å². The summed E-state index contributed by atoms with van der Waals surface area (Å²) in [6.07, 6.45) is 5.63. The van der Waals surface area contributed by atoms with E-state index >= 15 is 0 Å². The average molecular weight is 281 g/mol. The van der Waals surface area contributed by atoms with Crippen LogP contribution in [0.4, 0.5) is 0 Å². The fraction of sp³-hybridized carbons (Fsp3) is 0.867. The number of amides is 1. The van der Waals surface area contributed by atoms with Gasteiger partial charge in [-0.2, -0.15) is 0 Å². The van der Waals surface area contributed by atoms with Crippen LogP contribution in [0.25, 0.3) is 0 Å². The van der Waals surface area contributed by atoms with Gasteiger partial charge < -0.3 is 15.2 Å². The third-order valence-corrected chi connectivity index (χ3v) is 5.30. The zero-order chi connectivity index (χ0) is 14.3. The first-order valence-electron chi connectivity index (χ1n) is 7.76. The molecule has 0 unspecified atom stereocenters. The average Bonchev–Trinajstić information content (AvgIpc) is 3.01. The summed E-state index contributed by atoms with van der Waals surface area (Å²) in [5, 5.41) is 12.5. The van der Waals surface area contributed by atoms with Crippen molar-refractivity contribution in [2.45, 2.75) is 63.7 Å². The highest BCUT2D eigenvalue weighted by Crippen LogP contribution is 2.43. The van der Waals surface area contributed by atoms with Crippen LogP contribution in [0.1, 0.15) is 45.4 Å². The molecule has 0 aromatic heterocycles. The van der Waals surface area contributed by atoms with E-state index in [-0.39, 0.29) is 24.2 Å². The summed E-state index contributed by atoms with van der Waals surface area (Å²) in [6.45, 7) is 2.16. The standard InChI is InChI=1S/C15H23NO4/c1-8-4-2-3-5-9(8)16-14(17)12-10-6-7-11(20-10)13(12)15(18)19/h8-13H,2-7H2,1H3,(H,16,17)(H,18,19)/t8-,9-,10-,11-,12+,13-/m0/s1. The van der Waals surface area contributed by atoms with E-state index in [0.29, 0.717) is 5.92 Å². The van der Waals surface area contributed by atoms with Gasteiger partial charge in [-0.1, -0.05) is 19.8 Å². The van der Waals surface area contributed by atoms with Gasteiger partial charge in [-0.25, -0.2) is 0 Å². The second kappa shape index (κ2) is 5.35. The molecule has 0 aromatic rings. The molecule has 1 aliphatic carbocycles. The largest absolute Gasteiger partial charge is 0.481 e. The number of carbonyl (C=O) groups excluding carboxylic acids is 1. The molecule has 1 amide bonds. The van der Waals surface area contributed by atoms with Gasteiger partial charge in [0.2, 0.25) is 5.91 Å². The predicted molar refractivity (Wildman–Crippen MR) is 72.1 cm³/mol. The number of ether oxygens (including phenoxy) is 1. The molecule has 20 heavy (non-hydrogen) atoms. The summed E-state index contributed by atoms with van der Waals surface area (Å²) in [5.41, 5.74) is 0. The Morgan fingerprint density at radius 1 is 1.05 bits per heavy atom. The monoisotopic (exact) mass is 281 g/mol. The van der Waals surface area contributed by atoms with Gasteiger partial charge in [0.25, 0.3) is 0 Å². The number of hydrogen-bond donors (Lipinski definition) is 2. The maximum atomic E-state index is 12.5. The minimum atomic E-state index is -0.894. The lowest BCUT2D eigenvalue weighted by molar-refractivity contribution is -0.148. The summed E-state index contributed by atoms with van der Waals surface area (Å²) in [4.78, 5) is 23.9. The van der Waals surface area contributed by atoms with E-state index in [1.54, 1.807) is 0 Å². The van der Waals surface area contributed by atoms with Crippen LogP contribution in [0.2, 0.25) is 0 Å². The summed E-state index contributed by atoms with van der Waals surface area (Å²) < 4.78 is 5.65. The number of aliphatic carboxylic acids is 1. The number of carboxylic acids is 1. The molecular weight excluding hydrogens is 258 g/mol. The highest BCUT2D eigenvalue weighted by Gasteiger charge is 2.55. The molecule has 2 saturated heterocycles. The lowest BCUT2D eigenvalue weighted by atomic mass is 9.78. The van der Waals surface area contributed by atoms with Crippen molar-refractivity contribution in [1.82, 2.24) is 5.32 Å². The summed E-state index contributed by atoms with van der Waals surface area (Å²) in [7, 11) is 0. The van der Waals surface area contributed by atoms with Crippen molar-refractivity contribution < 1.29 is 19.4 Å². The predicted octanol–water partition coefficient (Wildman–Crippen LogP) is 1.56. The Balaban J connectivity index is 1.68. The van der Waals surface area contributed by atoms with Crippen molar-refractivity contribution >= 4 is 11.9 Å². The molecule has 5 nitrogen and oxygen atoms in total. The number of hydrogen-bond acceptors (Lipinski definition) is 3. The quantitative estimate of drug-likeness (QED) is 0.823. The third-order valence-electron chi connectivity index (χ3n) is 5.30. The fourth-order valence-electron chi connectivity index (χ4n) is 4.13. The van der Waals surface area contributed by atoms with Crippen LogP contribution >= 0.6 is 0 Å². The van der Waals surface area contributed by atoms with E-state index < -0.39 is 17.8 Å². The van der Waals surface area contributed by atoms with Crippen LogP contribution in [-0.2, 0) is 14.3 Å². The summed E-state index contributed by atoms with van der Waals surface area (Å²) in [6, 6.07) is 0.199. The van der Waals surface area contributed by atoms with Crippen molar-refractivity contribution in [3.63, 3.8) is 0 Å². The van der Waals surface area contributed by atoms with Crippen LogP contribution in [0.3, 0.4) is 0 Å². The molecule has 2 N–H and O–H groups in total. The molecule has 0 aromatic carbocycles.